The number of carbonyl (C=O) groups is 2. The lowest BCUT2D eigenvalue weighted by Gasteiger charge is -2.50. The smallest absolute Gasteiger partial charge is 0.337 e. The number of hydrogen-bond donors (Lipinski definition) is 1. The summed E-state index contributed by atoms with van der Waals surface area (Å²) in [5.74, 6) is -0.317. The Kier molecular flexibility index (Phi) is 3.33. The summed E-state index contributed by atoms with van der Waals surface area (Å²) in [7, 11) is 3.23. The fraction of sp³-hybridized carbons (Fsp3) is 0.467. The molecule has 0 radical (unpaired) electrons. The van der Waals surface area contributed by atoms with Crippen molar-refractivity contribution < 1.29 is 14.3 Å². The van der Waals surface area contributed by atoms with E-state index in [2.05, 4.69) is 10.2 Å². The monoisotopic (exact) mass is 289 g/mol. The second kappa shape index (κ2) is 5.04. The van der Waals surface area contributed by atoms with Gasteiger partial charge in [-0.3, -0.25) is 4.90 Å². The van der Waals surface area contributed by atoms with Crippen LogP contribution in [0.25, 0.3) is 0 Å². The van der Waals surface area contributed by atoms with Crippen LogP contribution in [0, 0.1) is 0 Å². The summed E-state index contributed by atoms with van der Waals surface area (Å²) in [6.45, 7) is 3.19. The molecule has 6 nitrogen and oxygen atoms in total. The van der Waals surface area contributed by atoms with Crippen LogP contribution < -0.4 is 5.32 Å². The van der Waals surface area contributed by atoms with Crippen LogP contribution in [0.15, 0.2) is 24.3 Å². The number of likely N-dealkylation sites (N-methyl/N-ethyl adjacent to an activating group) is 1. The summed E-state index contributed by atoms with van der Waals surface area (Å²) in [5.41, 5.74) is 1.59. The molecule has 0 aromatic heterocycles. The van der Waals surface area contributed by atoms with Gasteiger partial charge >= 0.3 is 12.0 Å². The number of urea groups is 1. The van der Waals surface area contributed by atoms with Crippen LogP contribution >= 0.6 is 0 Å². The van der Waals surface area contributed by atoms with Crippen molar-refractivity contribution in [1.29, 1.82) is 0 Å². The number of esters is 1. The number of rotatable bonds is 3. The van der Waals surface area contributed by atoms with Crippen LogP contribution in [-0.4, -0.2) is 61.1 Å². The average Bonchev–Trinajstić information content (AvgIpc) is 2.75. The van der Waals surface area contributed by atoms with Crippen molar-refractivity contribution in [2.75, 3.05) is 33.8 Å². The number of nitrogens with one attached hydrogen (secondary N) is 1. The standard InChI is InChI=1S/C15H19N3O3/c1-17-14(20)16-8-15(17)9-18(10-15)7-11-4-3-5-12(6-11)13(19)21-2/h3-6H,7-10H2,1-2H3,(H,16,20). The lowest BCUT2D eigenvalue weighted by atomic mass is 9.89. The quantitative estimate of drug-likeness (QED) is 0.831. The van der Waals surface area contributed by atoms with E-state index in [0.29, 0.717) is 12.1 Å². The van der Waals surface area contributed by atoms with Gasteiger partial charge in [0.15, 0.2) is 0 Å². The van der Waals surface area contributed by atoms with Crippen LogP contribution in [0.2, 0.25) is 0 Å². The molecule has 2 aliphatic rings. The first-order chi connectivity index (χ1) is 10.0. The molecule has 0 bridgehead atoms. The van der Waals surface area contributed by atoms with E-state index in [1.807, 2.05) is 25.2 Å². The van der Waals surface area contributed by atoms with E-state index in [1.54, 1.807) is 11.0 Å². The highest BCUT2D eigenvalue weighted by atomic mass is 16.5. The molecule has 2 fully saturated rings. The van der Waals surface area contributed by atoms with Gasteiger partial charge in [0, 0.05) is 33.2 Å². The number of nitrogens with zero attached hydrogens (tertiary/aromatic N) is 2. The molecule has 2 heterocycles. The highest BCUT2D eigenvalue weighted by Crippen LogP contribution is 2.31. The van der Waals surface area contributed by atoms with Crippen LogP contribution in [0.5, 0.6) is 0 Å². The van der Waals surface area contributed by atoms with Crippen molar-refractivity contribution >= 4 is 12.0 Å². The summed E-state index contributed by atoms with van der Waals surface area (Å²) in [5, 5.41) is 2.88. The van der Waals surface area contributed by atoms with E-state index in [-0.39, 0.29) is 17.5 Å². The topological polar surface area (TPSA) is 61.9 Å². The third-order valence-corrected chi connectivity index (χ3v) is 4.37. The van der Waals surface area contributed by atoms with Gasteiger partial charge in [0.05, 0.1) is 18.2 Å². The molecule has 2 amide bonds. The summed E-state index contributed by atoms with van der Waals surface area (Å²) in [6.07, 6.45) is 0. The van der Waals surface area contributed by atoms with Crippen molar-refractivity contribution in [3.63, 3.8) is 0 Å². The number of methoxy groups -OCH3 is 1. The van der Waals surface area contributed by atoms with E-state index in [9.17, 15) is 9.59 Å². The number of benzene rings is 1. The summed E-state index contributed by atoms with van der Waals surface area (Å²) in [4.78, 5) is 27.1. The molecule has 112 valence electrons. The maximum atomic E-state index is 11.5. The van der Waals surface area contributed by atoms with Gasteiger partial charge in [-0.25, -0.2) is 9.59 Å². The predicted octanol–water partition coefficient (Wildman–Crippen LogP) is 0.683. The lowest BCUT2D eigenvalue weighted by molar-refractivity contribution is -0.00109. The zero-order valence-electron chi connectivity index (χ0n) is 12.3. The largest absolute Gasteiger partial charge is 0.465 e. The van der Waals surface area contributed by atoms with E-state index in [1.165, 1.54) is 7.11 Å². The molecule has 6 heteroatoms. The molecule has 3 rings (SSSR count). The molecule has 0 atom stereocenters. The predicted molar refractivity (Wildman–Crippen MR) is 77.0 cm³/mol. The molecule has 0 unspecified atom stereocenters. The van der Waals surface area contributed by atoms with E-state index < -0.39 is 0 Å². The van der Waals surface area contributed by atoms with E-state index in [4.69, 9.17) is 4.74 Å². The Morgan fingerprint density at radius 3 is 2.81 bits per heavy atom. The summed E-state index contributed by atoms with van der Waals surface area (Å²) in [6, 6.07) is 7.48. The molecular weight excluding hydrogens is 270 g/mol. The fourth-order valence-electron chi connectivity index (χ4n) is 3.09. The molecule has 0 saturated carbocycles. The first kappa shape index (κ1) is 13.9. The zero-order chi connectivity index (χ0) is 15.0. The van der Waals surface area contributed by atoms with Gasteiger partial charge in [-0.2, -0.15) is 0 Å². The molecule has 21 heavy (non-hydrogen) atoms. The highest BCUT2D eigenvalue weighted by Gasteiger charge is 2.51. The van der Waals surface area contributed by atoms with Gasteiger partial charge in [-0.15, -0.1) is 0 Å². The van der Waals surface area contributed by atoms with Gasteiger partial charge in [-0.1, -0.05) is 12.1 Å². The highest BCUT2D eigenvalue weighted by molar-refractivity contribution is 5.89. The first-order valence-electron chi connectivity index (χ1n) is 6.95. The second-order valence-corrected chi connectivity index (χ2v) is 5.78. The van der Waals surface area contributed by atoms with Gasteiger partial charge in [0.1, 0.15) is 0 Å². The van der Waals surface area contributed by atoms with Gasteiger partial charge < -0.3 is 15.0 Å². The van der Waals surface area contributed by atoms with Crippen LogP contribution in [0.4, 0.5) is 4.79 Å². The van der Waals surface area contributed by atoms with Crippen LogP contribution in [0.3, 0.4) is 0 Å². The molecule has 1 aromatic carbocycles. The first-order valence-corrected chi connectivity index (χ1v) is 6.95. The minimum absolute atomic E-state index is 0.00217. The maximum Gasteiger partial charge on any atom is 0.337 e. The lowest BCUT2D eigenvalue weighted by Crippen LogP contribution is -2.68. The van der Waals surface area contributed by atoms with Crippen molar-refractivity contribution in [2.24, 2.45) is 0 Å². The van der Waals surface area contributed by atoms with E-state index >= 15 is 0 Å². The Morgan fingerprint density at radius 2 is 2.19 bits per heavy atom. The second-order valence-electron chi connectivity index (χ2n) is 5.78. The molecular formula is C15H19N3O3. The fourth-order valence-corrected chi connectivity index (χ4v) is 3.09. The molecule has 1 spiro atoms. The third kappa shape index (κ3) is 2.35. The number of carbonyl (C=O) groups excluding carboxylic acids is 2. The Morgan fingerprint density at radius 1 is 1.43 bits per heavy atom. The molecule has 1 N–H and O–H groups in total. The molecule has 2 saturated heterocycles. The Labute approximate surface area is 123 Å². The zero-order valence-corrected chi connectivity index (χ0v) is 12.3. The SMILES string of the molecule is COC(=O)c1cccc(CN2CC3(CNC(=O)N3C)C2)c1. The number of ether oxygens (including phenoxy) is 1. The Balaban J connectivity index is 1.62. The van der Waals surface area contributed by atoms with Gasteiger partial charge in [-0.05, 0) is 17.7 Å². The summed E-state index contributed by atoms with van der Waals surface area (Å²) < 4.78 is 4.73. The van der Waals surface area contributed by atoms with Crippen LogP contribution in [-0.2, 0) is 11.3 Å². The molecule has 2 aliphatic heterocycles. The van der Waals surface area contributed by atoms with Crippen molar-refractivity contribution in [1.82, 2.24) is 15.1 Å². The third-order valence-electron chi connectivity index (χ3n) is 4.37. The van der Waals surface area contributed by atoms with Crippen molar-refractivity contribution in [2.45, 2.75) is 12.1 Å². The minimum Gasteiger partial charge on any atom is -0.465 e. The van der Waals surface area contributed by atoms with Crippen LogP contribution in [0.1, 0.15) is 15.9 Å². The summed E-state index contributed by atoms with van der Waals surface area (Å²) >= 11 is 0. The Hall–Kier alpha value is -2.08. The number of likely N-dealkylation sites (tertiary alicyclic amines) is 1. The van der Waals surface area contributed by atoms with Gasteiger partial charge in [0.2, 0.25) is 0 Å². The normalized spacial score (nSPS) is 20.3. The average molecular weight is 289 g/mol. The Bertz CT molecular complexity index is 581. The molecule has 0 aliphatic carbocycles. The maximum absolute atomic E-state index is 11.5. The molecule has 1 aromatic rings. The minimum atomic E-state index is -0.317. The van der Waals surface area contributed by atoms with Gasteiger partial charge in [0.25, 0.3) is 0 Å². The van der Waals surface area contributed by atoms with E-state index in [0.717, 1.165) is 25.2 Å². The number of amides is 2. The van der Waals surface area contributed by atoms with Crippen molar-refractivity contribution in [3.8, 4) is 0 Å². The van der Waals surface area contributed by atoms with Crippen molar-refractivity contribution in [3.05, 3.63) is 35.4 Å². The number of hydrogen-bond acceptors (Lipinski definition) is 4.